The molecular formula is C13H20ClNO. The van der Waals surface area contributed by atoms with Crippen molar-refractivity contribution in [3.63, 3.8) is 0 Å². The maximum absolute atomic E-state index is 6.13. The molecule has 1 aromatic rings. The molecule has 1 aromatic carbocycles. The molecule has 0 atom stereocenters. The number of hydrogen-bond donors (Lipinski definition) is 1. The third-order valence-corrected chi connectivity index (χ3v) is 2.47. The zero-order valence-electron chi connectivity index (χ0n) is 10.2. The van der Waals surface area contributed by atoms with Crippen LogP contribution in [0.5, 0.6) is 5.75 Å². The topological polar surface area (TPSA) is 21.3 Å². The zero-order chi connectivity index (χ0) is 12.0. The number of ether oxygens (including phenoxy) is 1. The van der Waals surface area contributed by atoms with Crippen molar-refractivity contribution >= 4 is 11.6 Å². The summed E-state index contributed by atoms with van der Waals surface area (Å²) in [5.41, 5.74) is 1.18. The quantitative estimate of drug-likeness (QED) is 0.821. The van der Waals surface area contributed by atoms with Gasteiger partial charge in [-0.3, -0.25) is 0 Å². The van der Waals surface area contributed by atoms with Gasteiger partial charge in [0.1, 0.15) is 5.75 Å². The minimum absolute atomic E-state index is 0.481. The number of benzene rings is 1. The van der Waals surface area contributed by atoms with Crippen LogP contribution in [0.15, 0.2) is 18.2 Å². The third kappa shape index (κ3) is 4.42. The molecule has 0 aliphatic carbocycles. The van der Waals surface area contributed by atoms with E-state index < -0.39 is 0 Å². The van der Waals surface area contributed by atoms with E-state index in [1.165, 1.54) is 5.56 Å². The Hall–Kier alpha value is -0.730. The van der Waals surface area contributed by atoms with Gasteiger partial charge < -0.3 is 10.1 Å². The van der Waals surface area contributed by atoms with Crippen molar-refractivity contribution in [2.75, 3.05) is 6.61 Å². The van der Waals surface area contributed by atoms with E-state index in [1.807, 2.05) is 18.2 Å². The van der Waals surface area contributed by atoms with Crippen molar-refractivity contribution in [3.05, 3.63) is 28.8 Å². The predicted molar refractivity (Wildman–Crippen MR) is 69.2 cm³/mol. The van der Waals surface area contributed by atoms with Gasteiger partial charge in [-0.05, 0) is 24.1 Å². The molecule has 0 amide bonds. The van der Waals surface area contributed by atoms with Crippen molar-refractivity contribution in [2.45, 2.75) is 39.8 Å². The molecule has 0 spiro atoms. The Labute approximate surface area is 103 Å². The maximum atomic E-state index is 6.13. The van der Waals surface area contributed by atoms with Crippen molar-refractivity contribution in [1.29, 1.82) is 0 Å². The van der Waals surface area contributed by atoms with E-state index in [2.05, 4.69) is 26.1 Å². The van der Waals surface area contributed by atoms with Crippen LogP contribution in [0.3, 0.4) is 0 Å². The summed E-state index contributed by atoms with van der Waals surface area (Å²) in [6, 6.07) is 6.43. The molecule has 0 bridgehead atoms. The van der Waals surface area contributed by atoms with Crippen molar-refractivity contribution < 1.29 is 4.74 Å². The largest absolute Gasteiger partial charge is 0.492 e. The Bertz CT molecular complexity index is 326. The number of hydrogen-bond acceptors (Lipinski definition) is 2. The third-order valence-electron chi connectivity index (χ3n) is 2.17. The second kappa shape index (κ2) is 6.77. The first-order valence-electron chi connectivity index (χ1n) is 5.78. The van der Waals surface area contributed by atoms with E-state index >= 15 is 0 Å². The first kappa shape index (κ1) is 13.3. The van der Waals surface area contributed by atoms with Crippen LogP contribution in [0.25, 0.3) is 0 Å². The van der Waals surface area contributed by atoms with Crippen LogP contribution >= 0.6 is 11.6 Å². The van der Waals surface area contributed by atoms with Crippen LogP contribution in [0.2, 0.25) is 5.02 Å². The summed E-state index contributed by atoms with van der Waals surface area (Å²) in [5, 5.41) is 4.04. The van der Waals surface area contributed by atoms with E-state index in [4.69, 9.17) is 16.3 Å². The fourth-order valence-electron chi connectivity index (χ4n) is 1.31. The normalized spacial score (nSPS) is 10.8. The average molecular weight is 242 g/mol. The summed E-state index contributed by atoms with van der Waals surface area (Å²) in [5.74, 6) is 0.775. The molecule has 0 aliphatic heterocycles. The van der Waals surface area contributed by atoms with Gasteiger partial charge in [0.05, 0.1) is 11.6 Å². The monoisotopic (exact) mass is 241 g/mol. The van der Waals surface area contributed by atoms with Gasteiger partial charge in [0.15, 0.2) is 0 Å². The van der Waals surface area contributed by atoms with E-state index in [0.29, 0.717) is 17.7 Å². The van der Waals surface area contributed by atoms with Gasteiger partial charge in [-0.1, -0.05) is 38.4 Å². The minimum atomic E-state index is 0.481. The lowest BCUT2D eigenvalue weighted by molar-refractivity contribution is 0.317. The molecule has 0 aromatic heterocycles. The Balaban J connectivity index is 2.59. The highest BCUT2D eigenvalue weighted by Crippen LogP contribution is 2.25. The molecular weight excluding hydrogens is 222 g/mol. The summed E-state index contributed by atoms with van der Waals surface area (Å²) in [4.78, 5) is 0. The first-order chi connectivity index (χ1) is 7.63. The number of halogens is 1. The lowest BCUT2D eigenvalue weighted by Crippen LogP contribution is -2.21. The molecule has 2 nitrogen and oxygen atoms in total. The van der Waals surface area contributed by atoms with E-state index in [9.17, 15) is 0 Å². The summed E-state index contributed by atoms with van der Waals surface area (Å²) in [6.07, 6.45) is 0.993. The van der Waals surface area contributed by atoms with Gasteiger partial charge in [0, 0.05) is 12.6 Å². The molecule has 0 aliphatic rings. The van der Waals surface area contributed by atoms with Crippen LogP contribution in [-0.2, 0) is 6.54 Å². The van der Waals surface area contributed by atoms with Gasteiger partial charge in [0.25, 0.3) is 0 Å². The van der Waals surface area contributed by atoms with Crippen molar-refractivity contribution in [3.8, 4) is 5.75 Å². The van der Waals surface area contributed by atoms with E-state index in [-0.39, 0.29) is 0 Å². The molecule has 1 rings (SSSR count). The lowest BCUT2D eigenvalue weighted by atomic mass is 10.2. The maximum Gasteiger partial charge on any atom is 0.137 e. The molecule has 0 radical (unpaired) electrons. The Morgan fingerprint density at radius 1 is 1.38 bits per heavy atom. The fraction of sp³-hybridized carbons (Fsp3) is 0.538. The van der Waals surface area contributed by atoms with Crippen LogP contribution in [0.1, 0.15) is 32.8 Å². The van der Waals surface area contributed by atoms with Gasteiger partial charge in [-0.25, -0.2) is 0 Å². The van der Waals surface area contributed by atoms with Crippen LogP contribution < -0.4 is 10.1 Å². The van der Waals surface area contributed by atoms with E-state index in [0.717, 1.165) is 18.7 Å². The minimum Gasteiger partial charge on any atom is -0.492 e. The summed E-state index contributed by atoms with van der Waals surface area (Å²) in [7, 11) is 0. The number of rotatable bonds is 6. The fourth-order valence-corrected chi connectivity index (χ4v) is 1.56. The standard InChI is InChI=1S/C13H20ClNO/c1-4-7-16-13-6-5-11(8-12(13)14)9-15-10(2)3/h5-6,8,10,15H,4,7,9H2,1-3H3. The Morgan fingerprint density at radius 3 is 2.69 bits per heavy atom. The highest BCUT2D eigenvalue weighted by Gasteiger charge is 2.03. The summed E-state index contributed by atoms with van der Waals surface area (Å²) in [6.45, 7) is 7.88. The van der Waals surface area contributed by atoms with Crippen LogP contribution in [0, 0.1) is 0 Å². The van der Waals surface area contributed by atoms with Crippen molar-refractivity contribution in [1.82, 2.24) is 5.32 Å². The van der Waals surface area contributed by atoms with Gasteiger partial charge >= 0.3 is 0 Å². The van der Waals surface area contributed by atoms with Gasteiger partial charge in [-0.2, -0.15) is 0 Å². The van der Waals surface area contributed by atoms with Crippen LogP contribution in [0.4, 0.5) is 0 Å². The van der Waals surface area contributed by atoms with Gasteiger partial charge in [-0.15, -0.1) is 0 Å². The zero-order valence-corrected chi connectivity index (χ0v) is 11.0. The summed E-state index contributed by atoms with van der Waals surface area (Å²) >= 11 is 6.13. The number of nitrogens with one attached hydrogen (secondary N) is 1. The second-order valence-electron chi connectivity index (χ2n) is 4.15. The smallest absolute Gasteiger partial charge is 0.137 e. The molecule has 0 heterocycles. The van der Waals surface area contributed by atoms with Crippen LogP contribution in [-0.4, -0.2) is 12.6 Å². The molecule has 0 saturated heterocycles. The molecule has 0 unspecified atom stereocenters. The molecule has 0 fully saturated rings. The Kier molecular flexibility index (Phi) is 5.64. The SMILES string of the molecule is CCCOc1ccc(CNC(C)C)cc1Cl. The van der Waals surface area contributed by atoms with E-state index in [1.54, 1.807) is 0 Å². The average Bonchev–Trinajstić information content (AvgIpc) is 2.25. The molecule has 0 saturated carbocycles. The molecule has 90 valence electrons. The second-order valence-corrected chi connectivity index (χ2v) is 4.56. The van der Waals surface area contributed by atoms with Crippen molar-refractivity contribution in [2.24, 2.45) is 0 Å². The lowest BCUT2D eigenvalue weighted by Gasteiger charge is -2.11. The summed E-state index contributed by atoms with van der Waals surface area (Å²) < 4.78 is 5.51. The highest BCUT2D eigenvalue weighted by molar-refractivity contribution is 6.32. The molecule has 1 N–H and O–H groups in total. The van der Waals surface area contributed by atoms with Gasteiger partial charge in [0.2, 0.25) is 0 Å². The predicted octanol–water partition coefficient (Wildman–Crippen LogP) is 3.63. The molecule has 3 heteroatoms. The molecule has 16 heavy (non-hydrogen) atoms. The first-order valence-corrected chi connectivity index (χ1v) is 6.16. The Morgan fingerprint density at radius 2 is 2.12 bits per heavy atom. The highest BCUT2D eigenvalue weighted by atomic mass is 35.5.